The van der Waals surface area contributed by atoms with Crippen LogP contribution in [0.15, 0.2) is 152 Å². The fraction of sp³-hybridized carbons (Fsp3) is 0.119. The number of nitrogens with zero attached hydrogens (tertiary/aromatic N) is 4. The lowest BCUT2D eigenvalue weighted by molar-refractivity contribution is 0.496. The summed E-state index contributed by atoms with van der Waals surface area (Å²) in [6.45, 7) is 5.58. The zero-order chi connectivity index (χ0) is 31.8. The summed E-state index contributed by atoms with van der Waals surface area (Å²) in [7, 11) is -0.641. The van der Waals surface area contributed by atoms with Gasteiger partial charge in [0.2, 0.25) is 8.07 Å². The van der Waals surface area contributed by atoms with Crippen molar-refractivity contribution in [1.29, 1.82) is 0 Å². The monoisotopic (exact) mass is 624 g/mol. The van der Waals surface area contributed by atoms with Crippen LogP contribution in [0.1, 0.15) is 25.0 Å². The van der Waals surface area contributed by atoms with Crippen LogP contribution >= 0.6 is 0 Å². The van der Waals surface area contributed by atoms with Crippen molar-refractivity contribution in [2.24, 2.45) is 0 Å². The number of pyridine rings is 1. The molecule has 0 saturated heterocycles. The van der Waals surface area contributed by atoms with Gasteiger partial charge in [-0.3, -0.25) is 4.98 Å². The Bertz CT molecular complexity index is 2160. The van der Waals surface area contributed by atoms with Crippen molar-refractivity contribution < 1.29 is 0 Å². The fourth-order valence-electron chi connectivity index (χ4n) is 8.29. The zero-order valence-electron chi connectivity index (χ0n) is 26.9. The first-order valence-corrected chi connectivity index (χ1v) is 18.4. The molecule has 0 spiro atoms. The maximum Gasteiger partial charge on any atom is 0.203 e. The SMILES string of the molecule is CN1C=CN(c2cccc(N3c4ccccc4C(C)(C)c4ccc([Si]5(c6ccccn6)c6ccccc6-c6ccccc65)cc43)c2)C1. The van der Waals surface area contributed by atoms with Gasteiger partial charge >= 0.3 is 0 Å². The second kappa shape index (κ2) is 10.3. The molecule has 0 aliphatic carbocycles. The molecule has 1 aromatic heterocycles. The van der Waals surface area contributed by atoms with Crippen molar-refractivity contribution in [2.75, 3.05) is 23.5 Å². The highest BCUT2D eigenvalue weighted by Gasteiger charge is 2.50. The third kappa shape index (κ3) is 3.96. The van der Waals surface area contributed by atoms with Crippen molar-refractivity contribution in [2.45, 2.75) is 19.3 Å². The van der Waals surface area contributed by atoms with Gasteiger partial charge in [-0.25, -0.2) is 0 Å². The third-order valence-corrected chi connectivity index (χ3v) is 15.2. The first kappa shape index (κ1) is 27.9. The van der Waals surface area contributed by atoms with E-state index in [2.05, 4.69) is 175 Å². The van der Waals surface area contributed by atoms with E-state index in [1.54, 1.807) is 0 Å². The topological polar surface area (TPSA) is 22.6 Å². The molecule has 3 aliphatic heterocycles. The number of rotatable bonds is 4. The predicted octanol–water partition coefficient (Wildman–Crippen LogP) is 6.73. The van der Waals surface area contributed by atoms with E-state index in [4.69, 9.17) is 4.98 Å². The lowest BCUT2D eigenvalue weighted by Crippen LogP contribution is -2.73. The van der Waals surface area contributed by atoms with Crippen LogP contribution in [0.25, 0.3) is 11.1 Å². The molecule has 0 unspecified atom stereocenters. The van der Waals surface area contributed by atoms with Crippen molar-refractivity contribution >= 4 is 51.7 Å². The van der Waals surface area contributed by atoms with E-state index in [1.807, 2.05) is 12.3 Å². The number of benzene rings is 5. The molecule has 9 rings (SSSR count). The van der Waals surface area contributed by atoms with Crippen LogP contribution in [-0.2, 0) is 5.41 Å². The molecule has 228 valence electrons. The minimum Gasteiger partial charge on any atom is -0.361 e. The Kier molecular flexibility index (Phi) is 6.12. The summed E-state index contributed by atoms with van der Waals surface area (Å²) >= 11 is 0. The molecule has 47 heavy (non-hydrogen) atoms. The van der Waals surface area contributed by atoms with Crippen LogP contribution < -0.4 is 30.7 Å². The summed E-state index contributed by atoms with van der Waals surface area (Å²) < 4.78 is 0. The van der Waals surface area contributed by atoms with E-state index in [0.29, 0.717) is 0 Å². The minimum atomic E-state index is -2.75. The van der Waals surface area contributed by atoms with E-state index in [9.17, 15) is 0 Å². The van der Waals surface area contributed by atoms with Gasteiger partial charge in [0.15, 0.2) is 0 Å². The second-order valence-corrected chi connectivity index (χ2v) is 17.1. The van der Waals surface area contributed by atoms with E-state index in [1.165, 1.54) is 60.2 Å². The van der Waals surface area contributed by atoms with E-state index in [0.717, 1.165) is 12.4 Å². The molecule has 6 aromatic rings. The zero-order valence-corrected chi connectivity index (χ0v) is 27.9. The molecule has 0 saturated carbocycles. The van der Waals surface area contributed by atoms with Crippen LogP contribution in [-0.4, -0.2) is 31.7 Å². The van der Waals surface area contributed by atoms with Gasteiger partial charge in [0.25, 0.3) is 0 Å². The quantitative estimate of drug-likeness (QED) is 0.203. The Hall–Kier alpha value is -5.39. The number of fused-ring (bicyclic) bond motifs is 5. The Balaban J connectivity index is 1.33. The molecule has 0 bridgehead atoms. The van der Waals surface area contributed by atoms with E-state index >= 15 is 0 Å². The Morgan fingerprint density at radius 3 is 2.02 bits per heavy atom. The lowest BCUT2D eigenvalue weighted by atomic mass is 9.73. The molecule has 0 N–H and O–H groups in total. The van der Waals surface area contributed by atoms with Gasteiger partial charge < -0.3 is 14.7 Å². The molecule has 0 amide bonds. The largest absolute Gasteiger partial charge is 0.361 e. The highest BCUT2D eigenvalue weighted by Crippen LogP contribution is 2.52. The van der Waals surface area contributed by atoms with Crippen molar-refractivity contribution in [3.63, 3.8) is 0 Å². The summed E-state index contributed by atoms with van der Waals surface area (Å²) in [5, 5.41) is 5.35. The molecule has 3 aliphatic rings. The number of anilines is 4. The summed E-state index contributed by atoms with van der Waals surface area (Å²) in [4.78, 5) is 12.2. The summed E-state index contributed by atoms with van der Waals surface area (Å²) in [6, 6.07) is 49.8. The van der Waals surface area contributed by atoms with Gasteiger partial charge in [0, 0.05) is 47.8 Å². The lowest BCUT2D eigenvalue weighted by Gasteiger charge is -2.43. The molecule has 0 radical (unpaired) electrons. The van der Waals surface area contributed by atoms with Gasteiger partial charge in [0.05, 0.1) is 18.0 Å². The van der Waals surface area contributed by atoms with Crippen LogP contribution in [0.2, 0.25) is 0 Å². The summed E-state index contributed by atoms with van der Waals surface area (Å²) in [5.41, 5.74) is 9.96. The maximum absolute atomic E-state index is 5.15. The second-order valence-electron chi connectivity index (χ2n) is 13.5. The number of hydrogen-bond acceptors (Lipinski definition) is 4. The van der Waals surface area contributed by atoms with Crippen molar-refractivity contribution in [3.05, 3.63) is 163 Å². The molecule has 5 heteroatoms. The Labute approximate surface area is 277 Å². The van der Waals surface area contributed by atoms with E-state index < -0.39 is 8.07 Å². The summed E-state index contributed by atoms with van der Waals surface area (Å²) in [6.07, 6.45) is 6.26. The number of para-hydroxylation sites is 1. The predicted molar refractivity (Wildman–Crippen MR) is 198 cm³/mol. The molecular formula is C42H36N4Si. The molecule has 4 heterocycles. The highest BCUT2D eigenvalue weighted by molar-refractivity contribution is 7.21. The van der Waals surface area contributed by atoms with Crippen molar-refractivity contribution in [3.8, 4) is 11.1 Å². The first-order valence-electron chi connectivity index (χ1n) is 16.4. The van der Waals surface area contributed by atoms with Crippen LogP contribution in [0, 0.1) is 0 Å². The van der Waals surface area contributed by atoms with Gasteiger partial charge in [0.1, 0.15) is 0 Å². The van der Waals surface area contributed by atoms with Crippen LogP contribution in [0.3, 0.4) is 0 Å². The standard InChI is InChI=1S/C42H36N4Si/c1-42(2)35-17-6-7-18-37(35)46(31-14-12-13-30(27-31)45-26-25-44(3)29-45)38-28-32(22-23-36(38)42)47(41-21-10-11-24-43-41)39-19-8-4-15-33(39)34-16-5-9-20-40(34)47/h4-28H,29H2,1-3H3. The smallest absolute Gasteiger partial charge is 0.203 e. The van der Waals surface area contributed by atoms with Gasteiger partial charge in [-0.15, -0.1) is 0 Å². The number of hydrogen-bond donors (Lipinski definition) is 0. The average molecular weight is 625 g/mol. The average Bonchev–Trinajstić information content (AvgIpc) is 3.68. The molecule has 0 fully saturated rings. The van der Waals surface area contributed by atoms with Gasteiger partial charge in [-0.1, -0.05) is 105 Å². The van der Waals surface area contributed by atoms with Gasteiger partial charge in [-0.2, -0.15) is 0 Å². The normalized spacial score (nSPS) is 16.4. The highest BCUT2D eigenvalue weighted by atomic mass is 28.3. The Morgan fingerprint density at radius 2 is 1.30 bits per heavy atom. The van der Waals surface area contributed by atoms with Crippen LogP contribution in [0.4, 0.5) is 22.7 Å². The molecule has 0 atom stereocenters. The summed E-state index contributed by atoms with van der Waals surface area (Å²) in [5.74, 6) is 0. The fourth-order valence-corrected chi connectivity index (χ4v) is 13.3. The minimum absolute atomic E-state index is 0.176. The molecule has 4 nitrogen and oxygen atoms in total. The van der Waals surface area contributed by atoms with E-state index in [-0.39, 0.29) is 5.41 Å². The first-order chi connectivity index (χ1) is 23.0. The Morgan fingerprint density at radius 1 is 0.617 bits per heavy atom. The maximum atomic E-state index is 5.15. The van der Waals surface area contributed by atoms with Crippen molar-refractivity contribution in [1.82, 2.24) is 9.88 Å². The van der Waals surface area contributed by atoms with Crippen LogP contribution in [0.5, 0.6) is 0 Å². The number of aromatic nitrogens is 1. The molecule has 5 aromatic carbocycles. The van der Waals surface area contributed by atoms with Gasteiger partial charge in [-0.05, 0) is 80.3 Å². The third-order valence-electron chi connectivity index (χ3n) is 10.5. The molecular weight excluding hydrogens is 589 g/mol.